The quantitative estimate of drug-likeness (QED) is 0.113. The molecule has 0 aliphatic carbocycles. The van der Waals surface area contributed by atoms with E-state index in [0.717, 1.165) is 11.3 Å². The molecule has 0 N–H and O–H groups in total. The number of unbranched alkanes of at least 4 members (excludes halogenated alkanes) is 3. The minimum absolute atomic E-state index is 0.465. The zero-order valence-corrected chi connectivity index (χ0v) is 24.0. The molecule has 0 aliphatic rings. The van der Waals surface area contributed by atoms with Crippen LogP contribution in [0.4, 0.5) is 0 Å². The first-order valence-corrected chi connectivity index (χ1v) is 22.1. The molecule has 0 aromatic heterocycles. The van der Waals surface area contributed by atoms with Gasteiger partial charge in [-0.25, -0.2) is 0 Å². The Balaban J connectivity index is 2.46. The number of rotatable bonds is 15. The van der Waals surface area contributed by atoms with Crippen molar-refractivity contribution in [1.82, 2.24) is 0 Å². The van der Waals surface area contributed by atoms with E-state index in [1.165, 1.54) is 50.5 Å². The van der Waals surface area contributed by atoms with Crippen molar-refractivity contribution in [2.45, 2.75) is 77.7 Å². The van der Waals surface area contributed by atoms with Crippen LogP contribution in [0.5, 0.6) is 5.75 Å². The minimum atomic E-state index is -3.19. The van der Waals surface area contributed by atoms with Crippen molar-refractivity contribution >= 4 is 21.6 Å². The molecule has 0 saturated heterocycles. The second kappa shape index (κ2) is 15.1. The number of hydrogen-bond donors (Lipinski definition) is 0. The van der Waals surface area contributed by atoms with Crippen molar-refractivity contribution in [1.29, 1.82) is 5.26 Å². The van der Waals surface area contributed by atoms with Gasteiger partial charge in [-0.3, -0.25) is 0 Å². The molecule has 0 bridgehead atoms. The van der Waals surface area contributed by atoms with Crippen molar-refractivity contribution in [3.05, 3.63) is 77.7 Å². The van der Waals surface area contributed by atoms with Crippen LogP contribution in [0.2, 0.25) is 11.9 Å². The van der Waals surface area contributed by atoms with E-state index in [2.05, 4.69) is 39.0 Å². The molecule has 2 aromatic carbocycles. The van der Waals surface area contributed by atoms with Crippen molar-refractivity contribution in [3.63, 3.8) is 0 Å². The van der Waals surface area contributed by atoms with E-state index < -0.39 is 21.6 Å². The molecule has 0 heterocycles. The first-order chi connectivity index (χ1) is 15.7. The fourth-order valence-electron chi connectivity index (χ4n) is 3.92. The van der Waals surface area contributed by atoms with Gasteiger partial charge in [-0.1, -0.05) is 0 Å². The van der Waals surface area contributed by atoms with Gasteiger partial charge < -0.3 is 0 Å². The number of nitrogens with zero attached hydrogens (tertiary/aromatic N) is 1. The van der Waals surface area contributed by atoms with E-state index in [1.54, 1.807) is 0 Å². The molecule has 3 nitrogen and oxygen atoms in total. The molecule has 0 atom stereocenters. The number of ether oxygens (including phenoxy) is 1. The summed E-state index contributed by atoms with van der Waals surface area (Å²) in [5.41, 5.74) is 1.69. The third kappa shape index (κ3) is 8.98. The average Bonchev–Trinajstić information content (AvgIpc) is 2.84. The maximum atomic E-state index is 10.1. The Labute approximate surface area is 200 Å². The zero-order chi connectivity index (χ0) is 23.1. The topological polar surface area (TPSA) is 42.2 Å². The Morgan fingerprint density at radius 2 is 1.28 bits per heavy atom. The van der Waals surface area contributed by atoms with Crippen LogP contribution in [-0.4, -0.2) is 21.6 Å². The van der Waals surface area contributed by atoms with Crippen LogP contribution in [0, 0.1) is 11.3 Å². The molecule has 0 unspecified atom stereocenters. The average molecular weight is 629 g/mol. The van der Waals surface area contributed by atoms with Gasteiger partial charge in [0, 0.05) is 0 Å². The van der Waals surface area contributed by atoms with Crippen LogP contribution in [0.1, 0.15) is 64.9 Å². The summed E-state index contributed by atoms with van der Waals surface area (Å²) in [6.07, 6.45) is 7.67. The van der Waals surface area contributed by atoms with E-state index in [4.69, 9.17) is 7.42 Å². The van der Waals surface area contributed by atoms with E-state index >= 15 is 0 Å². The molecule has 32 heavy (non-hydrogen) atoms. The molecule has 0 radical (unpaired) electrons. The zero-order valence-electron chi connectivity index (χ0n) is 20.1. The molecule has 0 fully saturated rings. The third-order valence-electron chi connectivity index (χ3n) is 5.83. The second-order valence-electron chi connectivity index (χ2n) is 8.55. The van der Waals surface area contributed by atoms with Gasteiger partial charge in [0.2, 0.25) is 0 Å². The number of para-hydroxylation sites is 1. The molecule has 0 saturated carbocycles. The SMILES string of the molecule is CCC[CH2][Pb]([CH2]CCC)([CH2]CCC)[O]/C(Oc1ccccc1)=C(/C#N)Cc1ccccc1. The van der Waals surface area contributed by atoms with Gasteiger partial charge in [-0.05, 0) is 0 Å². The van der Waals surface area contributed by atoms with Gasteiger partial charge in [0.25, 0.3) is 0 Å². The predicted octanol–water partition coefficient (Wildman–Crippen LogP) is 8.41. The standard InChI is InChI=1S/C16H13NO2.3C4H9.Pb/c17-12-14(11-13-7-3-1-4-8-13)16(18)19-15-9-5-2-6-10-15;3*1-3-4-2;/h1-10,18H,11H2;3*1,3-4H2,2H3;/q;;;;+1/p-1/b16-14-;;;;. The molecule has 2 rings (SSSR count). The summed E-state index contributed by atoms with van der Waals surface area (Å²) >= 11 is -3.19. The third-order valence-corrected chi connectivity index (χ3v) is 23.0. The summed E-state index contributed by atoms with van der Waals surface area (Å²) in [7, 11) is 0. The van der Waals surface area contributed by atoms with Crippen LogP contribution >= 0.6 is 0 Å². The molecule has 0 spiro atoms. The van der Waals surface area contributed by atoms with Crippen LogP contribution in [0.15, 0.2) is 72.2 Å². The van der Waals surface area contributed by atoms with E-state index in [9.17, 15) is 5.26 Å². The number of allylic oxidation sites excluding steroid dienone is 1. The number of nitriles is 1. The first kappa shape index (κ1) is 26.4. The Kier molecular flexibility index (Phi) is 12.5. The van der Waals surface area contributed by atoms with E-state index in [0.29, 0.717) is 17.9 Å². The summed E-state index contributed by atoms with van der Waals surface area (Å²) in [6.45, 7) is 6.77. The molecule has 0 amide bonds. The summed E-state index contributed by atoms with van der Waals surface area (Å²) < 4.78 is 17.0. The van der Waals surface area contributed by atoms with Crippen molar-refractivity contribution in [2.75, 3.05) is 0 Å². The molecule has 0 aliphatic heterocycles. The predicted molar refractivity (Wildman–Crippen MR) is 136 cm³/mol. The van der Waals surface area contributed by atoms with Gasteiger partial charge in [0.05, 0.1) is 0 Å². The fraction of sp³-hybridized carbons (Fsp3) is 0.464. The molecular weight excluding hydrogens is 590 g/mol. The summed E-state index contributed by atoms with van der Waals surface area (Å²) in [5, 5.41) is 10.1. The Morgan fingerprint density at radius 3 is 1.75 bits per heavy atom. The van der Waals surface area contributed by atoms with Crippen molar-refractivity contribution in [2.24, 2.45) is 0 Å². The normalized spacial score (nSPS) is 12.1. The monoisotopic (exact) mass is 629 g/mol. The van der Waals surface area contributed by atoms with Gasteiger partial charge in [-0.15, -0.1) is 0 Å². The fourth-order valence-corrected chi connectivity index (χ4v) is 21.8. The van der Waals surface area contributed by atoms with Gasteiger partial charge in [0.1, 0.15) is 0 Å². The Bertz CT molecular complexity index is 821. The van der Waals surface area contributed by atoms with Gasteiger partial charge in [0.15, 0.2) is 0 Å². The molecule has 4 heteroatoms. The maximum absolute atomic E-state index is 10.1. The van der Waals surface area contributed by atoms with Gasteiger partial charge in [-0.2, -0.15) is 0 Å². The molecular formula is C28H39NO2Pb. The summed E-state index contributed by atoms with van der Waals surface area (Å²) in [5.74, 6) is 1.19. The summed E-state index contributed by atoms with van der Waals surface area (Å²) in [6, 6.07) is 22.3. The van der Waals surface area contributed by atoms with Crippen LogP contribution in [0.3, 0.4) is 0 Å². The van der Waals surface area contributed by atoms with Crippen molar-refractivity contribution < 1.29 is 7.42 Å². The Morgan fingerprint density at radius 1 is 0.781 bits per heavy atom. The van der Waals surface area contributed by atoms with Crippen LogP contribution in [-0.2, 0) is 9.11 Å². The van der Waals surface area contributed by atoms with E-state index in [1.807, 2.05) is 48.5 Å². The van der Waals surface area contributed by atoms with E-state index in [-0.39, 0.29) is 0 Å². The number of benzene rings is 2. The molecule has 2 aromatic rings. The van der Waals surface area contributed by atoms with Gasteiger partial charge >= 0.3 is 202 Å². The second-order valence-corrected chi connectivity index (χ2v) is 24.4. The van der Waals surface area contributed by atoms with Crippen molar-refractivity contribution in [3.8, 4) is 11.8 Å². The first-order valence-electron chi connectivity index (χ1n) is 12.3. The van der Waals surface area contributed by atoms with Crippen LogP contribution in [0.25, 0.3) is 0 Å². The molecule has 172 valence electrons. The number of hydrogen-bond acceptors (Lipinski definition) is 3. The van der Waals surface area contributed by atoms with Crippen LogP contribution < -0.4 is 4.74 Å². The Hall–Kier alpha value is -1.81. The summed E-state index contributed by atoms with van der Waals surface area (Å²) in [4.78, 5) is 0.